The van der Waals surface area contributed by atoms with E-state index < -0.39 is 0 Å². The van der Waals surface area contributed by atoms with Crippen LogP contribution in [0.1, 0.15) is 49.9 Å². The summed E-state index contributed by atoms with van der Waals surface area (Å²) in [7, 11) is 0. The Kier molecular flexibility index (Phi) is 12.3. The molecule has 0 saturated heterocycles. The zero-order valence-corrected chi connectivity index (χ0v) is 61.5. The standard InChI is InChI=1S/2C53H32O3/c1-53(2)39-17-9-7-15-35(39)49-40(53)22-24-43-50(49)37-21-19-30(28-46(37)56-43)48-33-13-5-3-11-31(33)47(32-12-4-6-14-34(32)48)29-20-23-42-38(27-29)52-45(55-42)26-25-44-51(52)36-16-8-10-18-41(36)54-44;1-53(2)39-17-9-7-15-35(39)49-40(53)23-24-42-50(49)37-21-19-29(27-45(37)55-42)47-31-11-3-5-13-33(31)48(34-14-6-4-12-32(34)47)30-20-22-38-46(28-30)56-44-26-25-43-51(52(38)44)36-16-8-10-18-41(36)54-43/h2*3-28H,1-2H3. The first-order chi connectivity index (χ1) is 55.1. The Labute approximate surface area is 640 Å². The molecule has 6 heterocycles. The molecule has 0 aliphatic heterocycles. The molecule has 0 unspecified atom stereocenters. The third-order valence-electron chi connectivity index (χ3n) is 25.3. The predicted molar refractivity (Wildman–Crippen MR) is 463 cm³/mol. The van der Waals surface area contributed by atoms with E-state index in [4.69, 9.17) is 26.5 Å². The van der Waals surface area contributed by atoms with E-state index in [2.05, 4.69) is 295 Å². The Balaban J connectivity index is 0.000000127. The summed E-state index contributed by atoms with van der Waals surface area (Å²) in [5, 5.41) is 23.1. The van der Waals surface area contributed by atoms with E-state index in [1.807, 2.05) is 48.5 Å². The van der Waals surface area contributed by atoms with E-state index >= 15 is 0 Å². The number of furan rings is 6. The fraction of sp³-hybridized carbons (Fsp3) is 0.0566. The van der Waals surface area contributed by atoms with Crippen molar-refractivity contribution in [1.82, 2.24) is 0 Å². The van der Waals surface area contributed by atoms with Gasteiger partial charge in [-0.05, 0) is 229 Å². The normalized spacial score (nSPS) is 13.7. The van der Waals surface area contributed by atoms with Crippen molar-refractivity contribution in [3.8, 4) is 66.8 Å². The molecule has 0 bridgehead atoms. The number of hydrogen-bond donors (Lipinski definition) is 0. The fourth-order valence-corrected chi connectivity index (χ4v) is 20.4. The highest BCUT2D eigenvalue weighted by Crippen LogP contribution is 2.57. The third kappa shape index (κ3) is 8.31. The van der Waals surface area contributed by atoms with Crippen LogP contribution in [0, 0.1) is 0 Å². The summed E-state index contributed by atoms with van der Waals surface area (Å²) < 4.78 is 39.1. The van der Waals surface area contributed by atoms with E-state index in [9.17, 15) is 0 Å². The molecule has 6 heteroatoms. The summed E-state index contributed by atoms with van der Waals surface area (Å²) in [6.07, 6.45) is 0. The summed E-state index contributed by atoms with van der Waals surface area (Å²) in [6.45, 7) is 9.33. The van der Waals surface area contributed by atoms with Gasteiger partial charge in [-0.15, -0.1) is 0 Å². The Morgan fingerprint density at radius 1 is 0.161 bits per heavy atom. The van der Waals surface area contributed by atoms with Crippen LogP contribution in [-0.2, 0) is 10.8 Å². The minimum absolute atomic E-state index is 0.0701. The molecule has 24 aromatic rings. The van der Waals surface area contributed by atoms with Gasteiger partial charge < -0.3 is 26.5 Å². The van der Waals surface area contributed by atoms with Crippen molar-refractivity contribution in [2.75, 3.05) is 0 Å². The Morgan fingerprint density at radius 3 is 0.768 bits per heavy atom. The molecule has 0 atom stereocenters. The third-order valence-corrected chi connectivity index (χ3v) is 25.3. The first kappa shape index (κ1) is 61.8. The van der Waals surface area contributed by atoms with Gasteiger partial charge in [-0.1, -0.05) is 246 Å². The topological polar surface area (TPSA) is 78.8 Å². The monoisotopic (exact) mass is 1430 g/mol. The molecule has 112 heavy (non-hydrogen) atoms. The summed E-state index contributed by atoms with van der Waals surface area (Å²) in [5.41, 5.74) is 30.5. The van der Waals surface area contributed by atoms with Crippen LogP contribution in [0.25, 0.3) is 241 Å². The fourth-order valence-electron chi connectivity index (χ4n) is 20.4. The second-order valence-electron chi connectivity index (χ2n) is 31.8. The van der Waals surface area contributed by atoms with Gasteiger partial charge in [0.1, 0.15) is 67.0 Å². The van der Waals surface area contributed by atoms with Crippen LogP contribution in [0.4, 0.5) is 0 Å². The highest BCUT2D eigenvalue weighted by atomic mass is 16.4. The van der Waals surface area contributed by atoms with E-state index in [-0.39, 0.29) is 10.8 Å². The van der Waals surface area contributed by atoms with Gasteiger partial charge in [0, 0.05) is 75.5 Å². The van der Waals surface area contributed by atoms with E-state index in [1.54, 1.807) is 0 Å². The number of para-hydroxylation sites is 2. The zero-order chi connectivity index (χ0) is 73.7. The van der Waals surface area contributed by atoms with Crippen molar-refractivity contribution in [3.05, 3.63) is 338 Å². The molecule has 0 radical (unpaired) electrons. The van der Waals surface area contributed by atoms with Crippen molar-refractivity contribution in [2.24, 2.45) is 0 Å². The summed E-state index contributed by atoms with van der Waals surface area (Å²) in [4.78, 5) is 0. The van der Waals surface area contributed by atoms with Gasteiger partial charge in [-0.3, -0.25) is 0 Å². The average molecular weight is 1430 g/mol. The Bertz CT molecular complexity index is 8220. The van der Waals surface area contributed by atoms with Gasteiger partial charge in [0.2, 0.25) is 0 Å². The van der Waals surface area contributed by atoms with E-state index in [0.29, 0.717) is 0 Å². The molecular weight excluding hydrogens is 1370 g/mol. The Morgan fingerprint density at radius 2 is 0.402 bits per heavy atom. The molecule has 0 saturated carbocycles. The van der Waals surface area contributed by atoms with Crippen molar-refractivity contribution in [1.29, 1.82) is 0 Å². The van der Waals surface area contributed by atoms with Gasteiger partial charge in [0.25, 0.3) is 0 Å². The van der Waals surface area contributed by atoms with E-state index in [1.165, 1.54) is 121 Å². The molecule has 2 aliphatic rings. The van der Waals surface area contributed by atoms with Gasteiger partial charge in [0.05, 0.1) is 0 Å². The van der Waals surface area contributed by atoms with Crippen molar-refractivity contribution in [2.45, 2.75) is 38.5 Å². The molecule has 6 aromatic heterocycles. The number of fused-ring (bicyclic) bond motifs is 32. The molecule has 18 aromatic carbocycles. The van der Waals surface area contributed by atoms with Crippen LogP contribution in [-0.4, -0.2) is 0 Å². The maximum atomic E-state index is 6.74. The highest BCUT2D eigenvalue weighted by molar-refractivity contribution is 6.30. The SMILES string of the molecule is CC1(C)c2ccccc2-c2c1ccc1oc3cc(-c4c5ccccc5c(-c5ccc6c(c5)oc5ccc7oc8ccccc8c7c56)c5ccccc45)ccc3c21.CC1(C)c2ccccc2-c2c1ccc1oc3cc(-c4c5ccccc5c(-c5ccc6oc7ccc8oc9ccccc9c8c7c6c5)c5ccccc45)ccc3c21. The van der Waals surface area contributed by atoms with Crippen LogP contribution in [0.3, 0.4) is 0 Å². The van der Waals surface area contributed by atoms with Crippen molar-refractivity contribution in [3.63, 3.8) is 0 Å². The first-order valence-corrected chi connectivity index (χ1v) is 38.7. The number of rotatable bonds is 4. The smallest absolute Gasteiger partial charge is 0.136 e. The molecule has 0 N–H and O–H groups in total. The molecule has 0 spiro atoms. The Hall–Kier alpha value is -14.2. The van der Waals surface area contributed by atoms with Crippen LogP contribution in [0.15, 0.2) is 342 Å². The molecule has 0 fully saturated rings. The van der Waals surface area contributed by atoms with Gasteiger partial charge in [0.15, 0.2) is 0 Å². The molecular formula is C106H64O6. The highest BCUT2D eigenvalue weighted by Gasteiger charge is 2.39. The zero-order valence-electron chi connectivity index (χ0n) is 61.5. The summed E-state index contributed by atoms with van der Waals surface area (Å²) >= 11 is 0. The van der Waals surface area contributed by atoms with Crippen molar-refractivity contribution >= 4 is 175 Å². The second-order valence-corrected chi connectivity index (χ2v) is 31.8. The minimum Gasteiger partial charge on any atom is -0.456 e. The predicted octanol–water partition coefficient (Wildman–Crippen LogP) is 30.7. The second kappa shape index (κ2) is 22.3. The van der Waals surface area contributed by atoms with Crippen molar-refractivity contribution < 1.29 is 26.5 Å². The summed E-state index contributed by atoms with van der Waals surface area (Å²) in [6, 6.07) is 113. The number of benzene rings is 18. The van der Waals surface area contributed by atoms with Gasteiger partial charge in [-0.2, -0.15) is 0 Å². The number of hydrogen-bond acceptors (Lipinski definition) is 6. The van der Waals surface area contributed by atoms with Crippen LogP contribution in [0.2, 0.25) is 0 Å². The maximum absolute atomic E-state index is 6.74. The lowest BCUT2D eigenvalue weighted by atomic mass is 9.82. The van der Waals surface area contributed by atoms with Crippen LogP contribution >= 0.6 is 0 Å². The van der Waals surface area contributed by atoms with Crippen LogP contribution < -0.4 is 0 Å². The van der Waals surface area contributed by atoms with E-state index in [0.717, 1.165) is 143 Å². The molecule has 26 rings (SSSR count). The molecule has 0 amide bonds. The quantitative estimate of drug-likeness (QED) is 0.163. The summed E-state index contributed by atoms with van der Waals surface area (Å²) in [5.74, 6) is 0. The van der Waals surface area contributed by atoms with Gasteiger partial charge >= 0.3 is 0 Å². The molecule has 524 valence electrons. The average Bonchev–Trinajstić information content (AvgIpc) is 1.49. The lowest BCUT2D eigenvalue weighted by Crippen LogP contribution is -2.14. The lowest BCUT2D eigenvalue weighted by molar-refractivity contribution is 0.656. The largest absolute Gasteiger partial charge is 0.456 e. The first-order valence-electron chi connectivity index (χ1n) is 38.7. The van der Waals surface area contributed by atoms with Crippen LogP contribution in [0.5, 0.6) is 0 Å². The maximum Gasteiger partial charge on any atom is 0.136 e. The lowest BCUT2D eigenvalue weighted by Gasteiger charge is -2.21. The minimum atomic E-state index is -0.0711. The van der Waals surface area contributed by atoms with Gasteiger partial charge in [-0.25, -0.2) is 0 Å². The molecule has 2 aliphatic carbocycles. The molecule has 6 nitrogen and oxygen atoms in total.